The number of hydrogen-bond donors (Lipinski definition) is 1. The maximum Gasteiger partial charge on any atom is 0.214 e. The predicted molar refractivity (Wildman–Crippen MR) is 59.2 cm³/mol. The van der Waals surface area contributed by atoms with Crippen LogP contribution in [0.3, 0.4) is 0 Å². The Hall–Kier alpha value is -1.62. The molecular formula is C11H14FN3O. The Bertz CT molecular complexity index is 521. The van der Waals surface area contributed by atoms with Gasteiger partial charge in [0.2, 0.25) is 5.88 Å². The van der Waals surface area contributed by atoms with Crippen molar-refractivity contribution in [1.82, 2.24) is 9.61 Å². The molecule has 2 N–H and O–H groups in total. The Kier molecular flexibility index (Phi) is 2.78. The van der Waals surface area contributed by atoms with Gasteiger partial charge in [-0.3, -0.25) is 0 Å². The normalized spacial score (nSPS) is 11.0. The summed E-state index contributed by atoms with van der Waals surface area (Å²) in [5.74, 6) is 0.215. The lowest BCUT2D eigenvalue weighted by molar-refractivity contribution is 0.383. The maximum atomic E-state index is 13.7. The van der Waals surface area contributed by atoms with Gasteiger partial charge in [-0.05, 0) is 26.0 Å². The maximum absolute atomic E-state index is 13.7. The van der Waals surface area contributed by atoms with Crippen molar-refractivity contribution < 1.29 is 9.13 Å². The molecule has 2 rings (SSSR count). The Morgan fingerprint density at radius 3 is 2.88 bits per heavy atom. The molecule has 0 bridgehead atoms. The van der Waals surface area contributed by atoms with E-state index in [2.05, 4.69) is 5.10 Å². The number of ether oxygens (including phenoxy) is 1. The van der Waals surface area contributed by atoms with Crippen molar-refractivity contribution in [3.05, 3.63) is 29.2 Å². The molecule has 0 aliphatic heterocycles. The molecule has 0 fully saturated rings. The summed E-state index contributed by atoms with van der Waals surface area (Å²) < 4.78 is 20.4. The molecule has 0 atom stereocenters. The van der Waals surface area contributed by atoms with Crippen LogP contribution in [0.2, 0.25) is 0 Å². The molecule has 0 aromatic carbocycles. The zero-order valence-corrected chi connectivity index (χ0v) is 9.33. The molecule has 0 saturated heterocycles. The summed E-state index contributed by atoms with van der Waals surface area (Å²) in [6, 6.07) is 2.94. The highest BCUT2D eigenvalue weighted by atomic mass is 19.1. The first-order chi connectivity index (χ1) is 7.69. The topological polar surface area (TPSA) is 52.5 Å². The first-order valence-electron chi connectivity index (χ1n) is 5.09. The van der Waals surface area contributed by atoms with E-state index in [4.69, 9.17) is 10.5 Å². The number of nitrogens with zero attached hydrogens (tertiary/aromatic N) is 2. The highest BCUT2D eigenvalue weighted by molar-refractivity contribution is 5.59. The van der Waals surface area contributed by atoms with Gasteiger partial charge in [-0.1, -0.05) is 0 Å². The Labute approximate surface area is 92.8 Å². The van der Waals surface area contributed by atoms with Crippen LogP contribution >= 0.6 is 0 Å². The van der Waals surface area contributed by atoms with E-state index in [1.165, 1.54) is 17.7 Å². The van der Waals surface area contributed by atoms with E-state index in [1.807, 2.05) is 6.92 Å². The standard InChI is InChI=1S/C11H14FN3O/c1-7-8(5-6-13)11-9(12)3-4-10(16-2)15(11)14-7/h3-4H,5-6,13H2,1-2H3. The number of fused-ring (bicyclic) bond motifs is 1. The molecule has 0 amide bonds. The lowest BCUT2D eigenvalue weighted by Crippen LogP contribution is -2.04. The van der Waals surface area contributed by atoms with Crippen molar-refractivity contribution in [2.45, 2.75) is 13.3 Å². The van der Waals surface area contributed by atoms with Gasteiger partial charge in [0.25, 0.3) is 0 Å². The third kappa shape index (κ3) is 1.53. The zero-order chi connectivity index (χ0) is 11.7. The lowest BCUT2D eigenvalue weighted by atomic mass is 10.1. The molecular weight excluding hydrogens is 209 g/mol. The molecule has 16 heavy (non-hydrogen) atoms. The minimum atomic E-state index is -0.301. The van der Waals surface area contributed by atoms with E-state index < -0.39 is 0 Å². The van der Waals surface area contributed by atoms with Crippen LogP contribution < -0.4 is 10.5 Å². The van der Waals surface area contributed by atoms with E-state index >= 15 is 0 Å². The average Bonchev–Trinajstić information content (AvgIpc) is 2.58. The van der Waals surface area contributed by atoms with E-state index in [9.17, 15) is 4.39 Å². The van der Waals surface area contributed by atoms with Crippen LogP contribution in [0.25, 0.3) is 5.52 Å². The number of nitrogens with two attached hydrogens (primary N) is 1. The van der Waals surface area contributed by atoms with Crippen LogP contribution in [-0.2, 0) is 6.42 Å². The highest BCUT2D eigenvalue weighted by Crippen LogP contribution is 2.23. The van der Waals surface area contributed by atoms with E-state index in [0.29, 0.717) is 24.4 Å². The van der Waals surface area contributed by atoms with Gasteiger partial charge < -0.3 is 10.5 Å². The van der Waals surface area contributed by atoms with E-state index in [-0.39, 0.29) is 5.82 Å². The van der Waals surface area contributed by atoms with Gasteiger partial charge in [0, 0.05) is 11.6 Å². The molecule has 4 nitrogen and oxygen atoms in total. The largest absolute Gasteiger partial charge is 0.481 e. The van der Waals surface area contributed by atoms with Crippen LogP contribution in [0.15, 0.2) is 12.1 Å². The highest BCUT2D eigenvalue weighted by Gasteiger charge is 2.15. The quantitative estimate of drug-likeness (QED) is 0.853. The lowest BCUT2D eigenvalue weighted by Gasteiger charge is -2.04. The van der Waals surface area contributed by atoms with Gasteiger partial charge in [0.15, 0.2) is 0 Å². The van der Waals surface area contributed by atoms with Gasteiger partial charge in [-0.15, -0.1) is 0 Å². The summed E-state index contributed by atoms with van der Waals surface area (Å²) in [7, 11) is 1.53. The molecule has 2 heterocycles. The fourth-order valence-corrected chi connectivity index (χ4v) is 1.86. The third-order valence-electron chi connectivity index (χ3n) is 2.60. The molecule has 0 aliphatic carbocycles. The van der Waals surface area contributed by atoms with Crippen LogP contribution in [-0.4, -0.2) is 23.3 Å². The number of hydrogen-bond acceptors (Lipinski definition) is 3. The number of aromatic nitrogens is 2. The average molecular weight is 223 g/mol. The first-order valence-corrected chi connectivity index (χ1v) is 5.09. The molecule has 5 heteroatoms. The summed E-state index contributed by atoms with van der Waals surface area (Å²) in [6.45, 7) is 2.32. The minimum Gasteiger partial charge on any atom is -0.481 e. The number of rotatable bonds is 3. The Morgan fingerprint density at radius 1 is 1.50 bits per heavy atom. The summed E-state index contributed by atoms with van der Waals surface area (Å²) >= 11 is 0. The molecule has 0 saturated carbocycles. The number of methoxy groups -OCH3 is 1. The SMILES string of the molecule is COc1ccc(F)c2c(CCN)c(C)nn12. The van der Waals surface area contributed by atoms with Crippen molar-refractivity contribution in [2.24, 2.45) is 5.73 Å². The molecule has 0 unspecified atom stereocenters. The van der Waals surface area contributed by atoms with Crippen LogP contribution in [0, 0.1) is 12.7 Å². The van der Waals surface area contributed by atoms with Crippen LogP contribution in [0.1, 0.15) is 11.3 Å². The second-order valence-electron chi connectivity index (χ2n) is 3.59. The summed E-state index contributed by atoms with van der Waals surface area (Å²) in [5, 5.41) is 4.26. The number of aryl methyl sites for hydroxylation is 1. The van der Waals surface area contributed by atoms with E-state index in [1.54, 1.807) is 6.07 Å². The van der Waals surface area contributed by atoms with Gasteiger partial charge in [-0.25, -0.2) is 4.39 Å². The minimum absolute atomic E-state index is 0.301. The summed E-state index contributed by atoms with van der Waals surface area (Å²) in [6.07, 6.45) is 0.611. The number of pyridine rings is 1. The molecule has 0 spiro atoms. The zero-order valence-electron chi connectivity index (χ0n) is 9.33. The Morgan fingerprint density at radius 2 is 2.25 bits per heavy atom. The van der Waals surface area contributed by atoms with Gasteiger partial charge >= 0.3 is 0 Å². The fourth-order valence-electron chi connectivity index (χ4n) is 1.86. The third-order valence-corrected chi connectivity index (χ3v) is 2.60. The predicted octanol–water partition coefficient (Wildman–Crippen LogP) is 1.29. The van der Waals surface area contributed by atoms with Crippen molar-refractivity contribution in [1.29, 1.82) is 0 Å². The van der Waals surface area contributed by atoms with Crippen LogP contribution in [0.5, 0.6) is 5.88 Å². The van der Waals surface area contributed by atoms with Crippen molar-refractivity contribution >= 4 is 5.52 Å². The molecule has 2 aromatic heterocycles. The second-order valence-corrected chi connectivity index (χ2v) is 3.59. The van der Waals surface area contributed by atoms with Gasteiger partial charge in [0.05, 0.1) is 12.8 Å². The molecule has 0 radical (unpaired) electrons. The molecule has 2 aromatic rings. The van der Waals surface area contributed by atoms with Crippen LogP contribution in [0.4, 0.5) is 4.39 Å². The Balaban J connectivity index is 2.76. The fraction of sp³-hybridized carbons (Fsp3) is 0.364. The summed E-state index contributed by atoms with van der Waals surface area (Å²) in [5.41, 5.74) is 7.60. The van der Waals surface area contributed by atoms with Gasteiger partial charge in [-0.2, -0.15) is 9.61 Å². The summed E-state index contributed by atoms with van der Waals surface area (Å²) in [4.78, 5) is 0. The smallest absolute Gasteiger partial charge is 0.214 e. The first kappa shape index (κ1) is 10.9. The van der Waals surface area contributed by atoms with Crippen molar-refractivity contribution in [3.63, 3.8) is 0 Å². The monoisotopic (exact) mass is 223 g/mol. The molecule has 0 aliphatic rings. The number of halogens is 1. The van der Waals surface area contributed by atoms with Gasteiger partial charge in [0.1, 0.15) is 11.3 Å². The molecule has 86 valence electrons. The van der Waals surface area contributed by atoms with Crippen molar-refractivity contribution in [2.75, 3.05) is 13.7 Å². The van der Waals surface area contributed by atoms with E-state index in [0.717, 1.165) is 11.3 Å². The second kappa shape index (κ2) is 4.09. The van der Waals surface area contributed by atoms with Crippen molar-refractivity contribution in [3.8, 4) is 5.88 Å².